The van der Waals surface area contributed by atoms with Crippen molar-refractivity contribution in [3.05, 3.63) is 23.2 Å². The van der Waals surface area contributed by atoms with Crippen LogP contribution in [0.4, 0.5) is 0 Å². The monoisotopic (exact) mass is 265 g/mol. The molecule has 1 heterocycles. The molecule has 0 aliphatic carbocycles. The third kappa shape index (κ3) is 2.60. The van der Waals surface area contributed by atoms with Crippen molar-refractivity contribution >= 4 is 11.3 Å². The van der Waals surface area contributed by atoms with Gasteiger partial charge in [0.2, 0.25) is 0 Å². The second-order valence-corrected chi connectivity index (χ2v) is 4.94. The number of rotatable bonds is 4. The standard InChI is InChI=1S/C12H15N3O2S/c1-3-10(13-2)12-15-14-11(18-12)7-4-8(16)6-9(17)5-7/h4-6,10,13,16-17H,3H2,1-2H3. The minimum Gasteiger partial charge on any atom is -0.508 e. The molecule has 0 amide bonds. The number of phenolic OH excluding ortho intramolecular Hbond substituents is 2. The van der Waals surface area contributed by atoms with E-state index in [4.69, 9.17) is 0 Å². The van der Waals surface area contributed by atoms with E-state index in [1.165, 1.54) is 17.4 Å². The molecule has 6 heteroatoms. The molecule has 2 rings (SSSR count). The van der Waals surface area contributed by atoms with Crippen molar-refractivity contribution in [1.82, 2.24) is 15.5 Å². The molecule has 1 atom stereocenters. The Kier molecular flexibility index (Phi) is 3.78. The van der Waals surface area contributed by atoms with Crippen molar-refractivity contribution in [2.75, 3.05) is 7.05 Å². The normalized spacial score (nSPS) is 12.6. The van der Waals surface area contributed by atoms with Gasteiger partial charge in [0.05, 0.1) is 6.04 Å². The van der Waals surface area contributed by atoms with E-state index in [1.807, 2.05) is 7.05 Å². The molecule has 96 valence electrons. The van der Waals surface area contributed by atoms with E-state index >= 15 is 0 Å². The number of benzene rings is 1. The van der Waals surface area contributed by atoms with Crippen molar-refractivity contribution in [2.24, 2.45) is 0 Å². The highest BCUT2D eigenvalue weighted by Crippen LogP contribution is 2.32. The lowest BCUT2D eigenvalue weighted by atomic mass is 10.2. The molecule has 1 aromatic carbocycles. The fourth-order valence-electron chi connectivity index (χ4n) is 1.71. The van der Waals surface area contributed by atoms with Gasteiger partial charge in [-0.3, -0.25) is 0 Å². The van der Waals surface area contributed by atoms with Crippen LogP contribution in [0, 0.1) is 0 Å². The van der Waals surface area contributed by atoms with Gasteiger partial charge < -0.3 is 15.5 Å². The van der Waals surface area contributed by atoms with Crippen molar-refractivity contribution in [3.63, 3.8) is 0 Å². The van der Waals surface area contributed by atoms with Gasteiger partial charge in [-0.15, -0.1) is 10.2 Å². The van der Waals surface area contributed by atoms with Crippen LogP contribution in [0.3, 0.4) is 0 Å². The molecule has 18 heavy (non-hydrogen) atoms. The van der Waals surface area contributed by atoms with Gasteiger partial charge in [-0.05, 0) is 25.6 Å². The summed E-state index contributed by atoms with van der Waals surface area (Å²) in [6.07, 6.45) is 0.927. The minimum atomic E-state index is 0.0161. The zero-order chi connectivity index (χ0) is 13.1. The number of hydrogen-bond donors (Lipinski definition) is 3. The Labute approximate surface area is 109 Å². The summed E-state index contributed by atoms with van der Waals surface area (Å²) < 4.78 is 0. The molecule has 1 aromatic heterocycles. The van der Waals surface area contributed by atoms with E-state index in [9.17, 15) is 10.2 Å². The van der Waals surface area contributed by atoms with E-state index < -0.39 is 0 Å². The average molecular weight is 265 g/mol. The minimum absolute atomic E-state index is 0.0161. The molecule has 2 aromatic rings. The summed E-state index contributed by atoms with van der Waals surface area (Å²) in [4.78, 5) is 0. The maximum absolute atomic E-state index is 9.45. The summed E-state index contributed by atoms with van der Waals surface area (Å²) in [5, 5.41) is 31.9. The van der Waals surface area contributed by atoms with Gasteiger partial charge in [0.25, 0.3) is 0 Å². The Hall–Kier alpha value is -1.66. The fraction of sp³-hybridized carbons (Fsp3) is 0.333. The van der Waals surface area contributed by atoms with E-state index in [2.05, 4.69) is 22.4 Å². The first kappa shape index (κ1) is 12.8. The maximum atomic E-state index is 9.45. The maximum Gasteiger partial charge on any atom is 0.148 e. The van der Waals surface area contributed by atoms with E-state index in [0.717, 1.165) is 11.4 Å². The Morgan fingerprint density at radius 1 is 1.22 bits per heavy atom. The third-order valence-corrected chi connectivity index (χ3v) is 3.73. The highest BCUT2D eigenvalue weighted by Gasteiger charge is 2.14. The molecule has 0 saturated carbocycles. The topological polar surface area (TPSA) is 78.3 Å². The quantitative estimate of drug-likeness (QED) is 0.790. The average Bonchev–Trinajstić information content (AvgIpc) is 2.79. The SMILES string of the molecule is CCC(NC)c1nnc(-c2cc(O)cc(O)c2)s1. The van der Waals surface area contributed by atoms with E-state index in [0.29, 0.717) is 10.6 Å². The number of nitrogens with one attached hydrogen (secondary N) is 1. The summed E-state index contributed by atoms with van der Waals surface area (Å²) in [6, 6.07) is 4.59. The number of aromatic nitrogens is 2. The van der Waals surface area contributed by atoms with Crippen molar-refractivity contribution in [3.8, 4) is 22.1 Å². The number of hydrogen-bond acceptors (Lipinski definition) is 6. The highest BCUT2D eigenvalue weighted by atomic mass is 32.1. The molecule has 0 aliphatic rings. The van der Waals surface area contributed by atoms with Crippen LogP contribution in [0.1, 0.15) is 24.4 Å². The van der Waals surface area contributed by atoms with Crippen LogP contribution in [-0.4, -0.2) is 27.5 Å². The molecule has 0 radical (unpaired) electrons. The second-order valence-electron chi connectivity index (χ2n) is 3.93. The van der Waals surface area contributed by atoms with Crippen LogP contribution < -0.4 is 5.32 Å². The lowest BCUT2D eigenvalue weighted by Gasteiger charge is -2.08. The Morgan fingerprint density at radius 3 is 2.44 bits per heavy atom. The van der Waals surface area contributed by atoms with Gasteiger partial charge in [-0.25, -0.2) is 0 Å². The summed E-state index contributed by atoms with van der Waals surface area (Å²) in [5.74, 6) is 0.0322. The molecule has 1 unspecified atom stereocenters. The molecule has 0 bridgehead atoms. The summed E-state index contributed by atoms with van der Waals surface area (Å²) >= 11 is 1.45. The molecular formula is C12H15N3O2S. The van der Waals surface area contributed by atoms with Crippen LogP contribution in [0.15, 0.2) is 18.2 Å². The zero-order valence-electron chi connectivity index (χ0n) is 10.2. The molecule has 0 aliphatic heterocycles. The lowest BCUT2D eigenvalue weighted by Crippen LogP contribution is -2.14. The zero-order valence-corrected chi connectivity index (χ0v) is 11.0. The lowest BCUT2D eigenvalue weighted by molar-refractivity contribution is 0.451. The number of nitrogens with zero attached hydrogens (tertiary/aromatic N) is 2. The third-order valence-electron chi connectivity index (χ3n) is 2.64. The molecular weight excluding hydrogens is 250 g/mol. The van der Waals surface area contributed by atoms with Gasteiger partial charge in [0.1, 0.15) is 21.5 Å². The van der Waals surface area contributed by atoms with Gasteiger partial charge in [-0.1, -0.05) is 18.3 Å². The summed E-state index contributed by atoms with van der Waals surface area (Å²) in [5.41, 5.74) is 0.669. The van der Waals surface area contributed by atoms with Gasteiger partial charge in [-0.2, -0.15) is 0 Å². The smallest absolute Gasteiger partial charge is 0.148 e. The van der Waals surface area contributed by atoms with Crippen molar-refractivity contribution in [2.45, 2.75) is 19.4 Å². The van der Waals surface area contributed by atoms with Crippen LogP contribution in [0.5, 0.6) is 11.5 Å². The van der Waals surface area contributed by atoms with Crippen LogP contribution in [0.2, 0.25) is 0 Å². The number of aromatic hydroxyl groups is 2. The van der Waals surface area contributed by atoms with Crippen LogP contribution >= 0.6 is 11.3 Å². The first-order chi connectivity index (χ1) is 8.63. The van der Waals surface area contributed by atoms with E-state index in [-0.39, 0.29) is 17.5 Å². The first-order valence-corrected chi connectivity index (χ1v) is 6.49. The summed E-state index contributed by atoms with van der Waals surface area (Å²) in [7, 11) is 1.88. The predicted octanol–water partition coefficient (Wildman–Crippen LogP) is 2.29. The number of phenols is 2. The van der Waals surface area contributed by atoms with Crippen molar-refractivity contribution in [1.29, 1.82) is 0 Å². The molecule has 0 spiro atoms. The Balaban J connectivity index is 2.34. The van der Waals surface area contributed by atoms with Gasteiger partial charge in [0, 0.05) is 11.6 Å². The van der Waals surface area contributed by atoms with Crippen LogP contribution in [-0.2, 0) is 0 Å². The fourth-order valence-corrected chi connectivity index (χ4v) is 2.74. The van der Waals surface area contributed by atoms with Gasteiger partial charge >= 0.3 is 0 Å². The Morgan fingerprint density at radius 2 is 1.89 bits per heavy atom. The van der Waals surface area contributed by atoms with Gasteiger partial charge in [0.15, 0.2) is 0 Å². The van der Waals surface area contributed by atoms with Crippen LogP contribution in [0.25, 0.3) is 10.6 Å². The molecule has 0 saturated heterocycles. The molecule has 5 nitrogen and oxygen atoms in total. The largest absolute Gasteiger partial charge is 0.508 e. The first-order valence-electron chi connectivity index (χ1n) is 5.68. The Bertz CT molecular complexity index is 518. The molecule has 0 fully saturated rings. The predicted molar refractivity (Wildman–Crippen MR) is 70.8 cm³/mol. The van der Waals surface area contributed by atoms with Crippen molar-refractivity contribution < 1.29 is 10.2 Å². The second kappa shape index (κ2) is 5.32. The highest BCUT2D eigenvalue weighted by molar-refractivity contribution is 7.14. The van der Waals surface area contributed by atoms with E-state index in [1.54, 1.807) is 12.1 Å². The molecule has 3 N–H and O–H groups in total. The summed E-state index contributed by atoms with van der Waals surface area (Å²) in [6.45, 7) is 2.07.